The Morgan fingerprint density at radius 3 is 2.76 bits per heavy atom. The van der Waals surface area contributed by atoms with Crippen molar-refractivity contribution in [3.05, 3.63) is 73.3 Å². The summed E-state index contributed by atoms with van der Waals surface area (Å²) < 4.78 is 16.3. The van der Waals surface area contributed by atoms with E-state index in [2.05, 4.69) is 18.1 Å². The molecule has 1 atom stereocenters. The molecule has 1 aliphatic rings. The molecule has 1 unspecified atom stereocenters. The maximum Gasteiger partial charge on any atom is 0.417 e. The van der Waals surface area contributed by atoms with Gasteiger partial charge in [0.1, 0.15) is 12.4 Å². The summed E-state index contributed by atoms with van der Waals surface area (Å²) in [5, 5.41) is 10.0. The van der Waals surface area contributed by atoms with E-state index in [9.17, 15) is 14.7 Å². The number of hydrogen-bond donors (Lipinski definition) is 1. The third-order valence-electron chi connectivity index (χ3n) is 5.07. The summed E-state index contributed by atoms with van der Waals surface area (Å²) in [6, 6.07) is 8.45. The van der Waals surface area contributed by atoms with Crippen molar-refractivity contribution in [3.63, 3.8) is 0 Å². The molecule has 33 heavy (non-hydrogen) atoms. The topological polar surface area (TPSA) is 101 Å². The summed E-state index contributed by atoms with van der Waals surface area (Å²) in [7, 11) is 0. The number of anilines is 3. The van der Waals surface area contributed by atoms with E-state index in [0.717, 1.165) is 17.7 Å². The van der Waals surface area contributed by atoms with E-state index >= 15 is 0 Å². The van der Waals surface area contributed by atoms with Crippen molar-refractivity contribution < 1.29 is 28.9 Å². The van der Waals surface area contributed by atoms with E-state index in [-0.39, 0.29) is 31.3 Å². The van der Waals surface area contributed by atoms with Crippen LogP contribution >= 0.6 is 0 Å². The third-order valence-corrected chi connectivity index (χ3v) is 5.07. The second-order valence-electron chi connectivity index (χ2n) is 7.20. The molecule has 0 fully saturated rings. The second-order valence-corrected chi connectivity index (χ2v) is 7.20. The molecule has 0 saturated heterocycles. The predicted molar refractivity (Wildman–Crippen MR) is 123 cm³/mol. The minimum atomic E-state index is -1.22. The Morgan fingerprint density at radius 1 is 1.24 bits per heavy atom. The molecule has 0 saturated carbocycles. The first kappa shape index (κ1) is 23.6. The molecule has 1 aromatic heterocycles. The second kappa shape index (κ2) is 11.0. The zero-order chi connectivity index (χ0) is 23.8. The Kier molecular flexibility index (Phi) is 7.91. The number of amides is 2. The number of carbonyl (C=O) groups is 2. The molecule has 0 aliphatic carbocycles. The van der Waals surface area contributed by atoms with Crippen molar-refractivity contribution in [1.29, 1.82) is 0 Å². The molecule has 0 spiro atoms. The highest BCUT2D eigenvalue weighted by Crippen LogP contribution is 2.41. The summed E-state index contributed by atoms with van der Waals surface area (Å²) in [5.41, 5.74) is 1.86. The van der Waals surface area contributed by atoms with E-state index in [1.165, 1.54) is 23.6 Å². The number of aromatic nitrogens is 1. The van der Waals surface area contributed by atoms with Crippen LogP contribution in [0.25, 0.3) is 0 Å². The molecule has 2 amide bonds. The van der Waals surface area contributed by atoms with Crippen molar-refractivity contribution in [1.82, 2.24) is 4.98 Å². The molecular formula is C24H27N3O6. The molecular weight excluding hydrogens is 426 g/mol. The number of carboxylic acid groups (broad SMARTS) is 1. The van der Waals surface area contributed by atoms with Gasteiger partial charge in [0.25, 0.3) is 0 Å². The quantitative estimate of drug-likeness (QED) is 0.394. The van der Waals surface area contributed by atoms with Gasteiger partial charge in [-0.2, -0.15) is 0 Å². The lowest BCUT2D eigenvalue weighted by molar-refractivity contribution is 0.0691. The smallest absolute Gasteiger partial charge is 0.417 e. The predicted octanol–water partition coefficient (Wildman–Crippen LogP) is 5.52. The first-order chi connectivity index (χ1) is 16.0. The van der Waals surface area contributed by atoms with Crippen molar-refractivity contribution in [3.8, 4) is 0 Å². The zero-order valence-corrected chi connectivity index (χ0v) is 18.5. The number of pyridine rings is 1. The van der Waals surface area contributed by atoms with Crippen LogP contribution in [0, 0.1) is 0 Å². The van der Waals surface area contributed by atoms with Gasteiger partial charge in [-0.05, 0) is 30.2 Å². The normalized spacial score (nSPS) is 13.1. The van der Waals surface area contributed by atoms with Gasteiger partial charge < -0.3 is 19.3 Å². The number of benzene rings is 1. The Labute approximate surface area is 192 Å². The Morgan fingerprint density at radius 2 is 2.06 bits per heavy atom. The fourth-order valence-corrected chi connectivity index (χ4v) is 3.49. The van der Waals surface area contributed by atoms with Crippen LogP contribution in [0.2, 0.25) is 0 Å². The summed E-state index contributed by atoms with van der Waals surface area (Å²) in [6.45, 7) is 9.64. The van der Waals surface area contributed by atoms with Crippen LogP contribution < -0.4 is 9.80 Å². The van der Waals surface area contributed by atoms with Crippen molar-refractivity contribution in [2.75, 3.05) is 23.0 Å². The Balaban J connectivity index is 2.14. The fraction of sp³-hybridized carbons (Fsp3) is 0.292. The number of rotatable bonds is 9. The van der Waals surface area contributed by atoms with Gasteiger partial charge in [-0.25, -0.2) is 19.5 Å². The van der Waals surface area contributed by atoms with Crippen LogP contribution in [0.5, 0.6) is 0 Å². The van der Waals surface area contributed by atoms with Gasteiger partial charge in [0.15, 0.2) is 6.10 Å². The van der Waals surface area contributed by atoms with Gasteiger partial charge in [0.2, 0.25) is 0 Å². The maximum atomic E-state index is 13.1. The molecule has 1 aromatic carbocycles. The lowest BCUT2D eigenvalue weighted by Crippen LogP contribution is -2.31. The molecule has 174 valence electrons. The fourth-order valence-electron chi connectivity index (χ4n) is 3.49. The van der Waals surface area contributed by atoms with Gasteiger partial charge in [-0.15, -0.1) is 0 Å². The molecule has 2 heterocycles. The van der Waals surface area contributed by atoms with Crippen molar-refractivity contribution in [2.24, 2.45) is 0 Å². The van der Waals surface area contributed by atoms with Crippen LogP contribution in [-0.4, -0.2) is 35.5 Å². The lowest BCUT2D eigenvalue weighted by atomic mass is 10.1. The number of unbranched alkanes of at least 4 members (excludes halogenated alkanes) is 1. The van der Waals surface area contributed by atoms with Crippen LogP contribution in [-0.2, 0) is 20.8 Å². The van der Waals surface area contributed by atoms with E-state index in [0.29, 0.717) is 16.8 Å². The molecule has 3 rings (SSSR count). The van der Waals surface area contributed by atoms with Crippen molar-refractivity contribution >= 4 is 29.4 Å². The molecule has 1 aliphatic heterocycles. The number of ether oxygens (including phenoxy) is 3. The molecule has 9 nitrogen and oxygen atoms in total. The number of nitrogens with zero attached hydrogens (tertiary/aromatic N) is 3. The standard InChI is InChI=1S/C24H27N3O6/c1-4-7-13-33-24(30)26-15-18-9-8-12-25-22(18)27(23(28)29)19-11-10-17(14-20(19)26)21(32-6-3)16-31-5-2/h5-6,8-12,14,21H,2-4,7,13,15-16H2,1H3,(H,28,29). The summed E-state index contributed by atoms with van der Waals surface area (Å²) in [6.07, 6.45) is 3.35. The average molecular weight is 453 g/mol. The van der Waals surface area contributed by atoms with Gasteiger partial charge in [0, 0.05) is 11.8 Å². The minimum Gasteiger partial charge on any atom is -0.498 e. The third kappa shape index (κ3) is 5.25. The van der Waals surface area contributed by atoms with Crippen LogP contribution in [0.15, 0.2) is 62.2 Å². The largest absolute Gasteiger partial charge is 0.498 e. The summed E-state index contributed by atoms with van der Waals surface area (Å²) in [4.78, 5) is 32.1. The van der Waals surface area contributed by atoms with Gasteiger partial charge in [0.05, 0.1) is 37.1 Å². The molecule has 2 aromatic rings. The lowest BCUT2D eigenvalue weighted by Gasteiger charge is -2.26. The van der Waals surface area contributed by atoms with Crippen LogP contribution in [0.1, 0.15) is 37.0 Å². The van der Waals surface area contributed by atoms with Gasteiger partial charge in [-0.1, -0.05) is 38.6 Å². The first-order valence-electron chi connectivity index (χ1n) is 10.6. The maximum absolute atomic E-state index is 13.1. The van der Waals surface area contributed by atoms with Crippen LogP contribution in [0.3, 0.4) is 0 Å². The summed E-state index contributed by atoms with van der Waals surface area (Å²) in [5.74, 6) is 0.233. The highest BCUT2D eigenvalue weighted by molar-refractivity contribution is 6.03. The summed E-state index contributed by atoms with van der Waals surface area (Å²) >= 11 is 0. The van der Waals surface area contributed by atoms with Crippen LogP contribution in [0.4, 0.5) is 26.8 Å². The van der Waals surface area contributed by atoms with Gasteiger partial charge >= 0.3 is 12.2 Å². The molecule has 0 radical (unpaired) electrons. The van der Waals surface area contributed by atoms with E-state index in [1.807, 2.05) is 6.92 Å². The monoisotopic (exact) mass is 453 g/mol. The van der Waals surface area contributed by atoms with E-state index in [4.69, 9.17) is 14.2 Å². The molecule has 0 bridgehead atoms. The van der Waals surface area contributed by atoms with Crippen molar-refractivity contribution in [2.45, 2.75) is 32.4 Å². The Bertz CT molecular complexity index is 1030. The highest BCUT2D eigenvalue weighted by Gasteiger charge is 2.34. The highest BCUT2D eigenvalue weighted by atomic mass is 16.6. The SMILES string of the molecule is C=COCC(OC=C)c1ccc2c(c1)N(C(=O)OCCCC)Cc1cccnc1N2C(=O)O. The average Bonchev–Trinajstić information content (AvgIpc) is 2.96. The Hall–Kier alpha value is -4.01. The van der Waals surface area contributed by atoms with E-state index < -0.39 is 18.3 Å². The number of fused-ring (bicyclic) bond motifs is 2. The molecule has 1 N–H and O–H groups in total. The number of hydrogen-bond acceptors (Lipinski definition) is 6. The minimum absolute atomic E-state index is 0.0878. The first-order valence-corrected chi connectivity index (χ1v) is 10.6. The molecule has 9 heteroatoms. The zero-order valence-electron chi connectivity index (χ0n) is 18.5. The number of carbonyl (C=O) groups excluding carboxylic acids is 1. The van der Waals surface area contributed by atoms with Gasteiger partial charge in [-0.3, -0.25) is 4.90 Å². The van der Waals surface area contributed by atoms with E-state index in [1.54, 1.807) is 30.3 Å².